The third kappa shape index (κ3) is 2.92. The van der Waals surface area contributed by atoms with Gasteiger partial charge >= 0.3 is 0 Å². The van der Waals surface area contributed by atoms with Crippen LogP contribution in [0.3, 0.4) is 0 Å². The Morgan fingerprint density at radius 2 is 1.61 bits per heavy atom. The summed E-state index contributed by atoms with van der Waals surface area (Å²) in [4.78, 5) is 41.0. The first-order valence-electron chi connectivity index (χ1n) is 11.6. The number of imide groups is 1. The normalized spacial score (nSPS) is 40.0. The van der Waals surface area contributed by atoms with Crippen LogP contribution in [-0.4, -0.2) is 28.7 Å². The molecule has 6 atom stereocenters. The lowest BCUT2D eigenvalue weighted by Gasteiger charge is -2.37. The average molecular weight is 439 g/mol. The Labute approximate surface area is 187 Å². The summed E-state index contributed by atoms with van der Waals surface area (Å²) in [5.41, 5.74) is 1.68. The largest absolute Gasteiger partial charge is 0.326 e. The fraction of sp³-hybridized carbons (Fsp3) is 0.560. The number of rotatable bonds is 3. The summed E-state index contributed by atoms with van der Waals surface area (Å²) in [5, 5.41) is 3.61. The number of benzene rings is 1. The van der Waals surface area contributed by atoms with Crippen molar-refractivity contribution in [3.63, 3.8) is 0 Å². The number of aryl methyl sites for hydroxylation is 1. The van der Waals surface area contributed by atoms with E-state index in [4.69, 9.17) is 11.6 Å². The van der Waals surface area contributed by atoms with Crippen LogP contribution in [0.4, 0.5) is 5.69 Å². The predicted octanol–water partition coefficient (Wildman–Crippen LogP) is 4.20. The van der Waals surface area contributed by atoms with Gasteiger partial charge in [-0.25, -0.2) is 0 Å². The van der Waals surface area contributed by atoms with E-state index in [0.717, 1.165) is 5.56 Å². The zero-order valence-electron chi connectivity index (χ0n) is 17.6. The van der Waals surface area contributed by atoms with Gasteiger partial charge in [-0.1, -0.05) is 29.8 Å². The van der Waals surface area contributed by atoms with Crippen molar-refractivity contribution in [2.24, 2.45) is 41.4 Å². The number of halogens is 1. The molecule has 1 N–H and O–H groups in total. The molecule has 5 nitrogen and oxygen atoms in total. The summed E-state index contributed by atoms with van der Waals surface area (Å²) in [5.74, 6) is 1.55. The quantitative estimate of drug-likeness (QED) is 0.568. The van der Waals surface area contributed by atoms with Gasteiger partial charge in [-0.15, -0.1) is 0 Å². The first kappa shape index (κ1) is 19.5. The Hall–Kier alpha value is -2.14. The minimum absolute atomic E-state index is 0.00607. The second-order valence-corrected chi connectivity index (χ2v) is 10.6. The lowest BCUT2D eigenvalue weighted by Crippen LogP contribution is -2.44. The minimum Gasteiger partial charge on any atom is -0.326 e. The maximum absolute atomic E-state index is 13.3. The number of nitrogens with zero attached hydrogens (tertiary/aromatic N) is 1. The van der Waals surface area contributed by atoms with E-state index in [9.17, 15) is 14.4 Å². The molecule has 1 heterocycles. The van der Waals surface area contributed by atoms with Crippen molar-refractivity contribution >= 4 is 35.0 Å². The summed E-state index contributed by atoms with van der Waals surface area (Å²) in [6.45, 7) is 1.93. The molecule has 2 bridgehead atoms. The Bertz CT molecular complexity index is 976. The molecule has 1 aliphatic heterocycles. The lowest BCUT2D eigenvalue weighted by molar-refractivity contribution is -0.144. The van der Waals surface area contributed by atoms with E-state index in [1.165, 1.54) is 6.42 Å². The van der Waals surface area contributed by atoms with Crippen molar-refractivity contribution in [2.45, 2.75) is 45.1 Å². The molecule has 0 aromatic heterocycles. The number of nitrogens with one attached hydrogen (secondary N) is 1. The Kier molecular flexibility index (Phi) is 4.37. The fourth-order valence-electron chi connectivity index (χ4n) is 6.85. The molecule has 0 radical (unpaired) electrons. The van der Waals surface area contributed by atoms with Crippen molar-refractivity contribution in [1.29, 1.82) is 0 Å². The van der Waals surface area contributed by atoms with Gasteiger partial charge in [-0.3, -0.25) is 19.3 Å². The summed E-state index contributed by atoms with van der Waals surface area (Å²) in [7, 11) is 0. The maximum Gasteiger partial charge on any atom is 0.233 e. The van der Waals surface area contributed by atoms with Crippen molar-refractivity contribution in [3.05, 3.63) is 40.9 Å². The zero-order chi connectivity index (χ0) is 21.4. The van der Waals surface area contributed by atoms with Crippen LogP contribution in [0.25, 0.3) is 0 Å². The minimum atomic E-state index is -0.126. The van der Waals surface area contributed by atoms with Gasteiger partial charge in [0.2, 0.25) is 17.7 Å². The van der Waals surface area contributed by atoms with E-state index in [1.54, 1.807) is 11.0 Å². The molecule has 1 aromatic rings. The number of carbonyl (C=O) groups is 3. The standard InChI is InChI=1S/C25H27ClN2O3/c1-12-2-5-14(10-20(12)26)27-23(29)13-3-6-15(7-4-13)28-24(30)21-16-8-9-17(19-11-18(16)19)22(21)25(28)31/h2,5,8-10,13,15-19,21-22H,3-4,6-7,11H2,1H3,(H,27,29)/t13?,15?,16-,17-,18-,19+,21-,22+/m0/s1. The molecule has 6 heteroatoms. The van der Waals surface area contributed by atoms with Gasteiger partial charge in [0.15, 0.2) is 0 Å². The van der Waals surface area contributed by atoms with E-state index >= 15 is 0 Å². The van der Waals surface area contributed by atoms with Crippen molar-refractivity contribution < 1.29 is 14.4 Å². The highest BCUT2D eigenvalue weighted by Gasteiger charge is 2.67. The number of likely N-dealkylation sites (tertiary alicyclic amines) is 1. The van der Waals surface area contributed by atoms with Crippen molar-refractivity contribution in [3.8, 4) is 0 Å². The summed E-state index contributed by atoms with van der Waals surface area (Å²) in [6.07, 6.45) is 8.42. The van der Waals surface area contributed by atoms with Crippen LogP contribution in [0.15, 0.2) is 30.4 Å². The summed E-state index contributed by atoms with van der Waals surface area (Å²) >= 11 is 6.17. The van der Waals surface area contributed by atoms with E-state index < -0.39 is 0 Å². The zero-order valence-corrected chi connectivity index (χ0v) is 18.3. The van der Waals surface area contributed by atoms with Crippen LogP contribution in [-0.2, 0) is 14.4 Å². The summed E-state index contributed by atoms with van der Waals surface area (Å²) in [6, 6.07) is 5.47. The number of carbonyl (C=O) groups excluding carboxylic acids is 3. The first-order chi connectivity index (χ1) is 14.9. The smallest absolute Gasteiger partial charge is 0.233 e. The highest BCUT2D eigenvalue weighted by molar-refractivity contribution is 6.31. The molecular formula is C25H27ClN2O3. The van der Waals surface area contributed by atoms with E-state index in [1.807, 2.05) is 19.1 Å². The predicted molar refractivity (Wildman–Crippen MR) is 117 cm³/mol. The average Bonchev–Trinajstić information content (AvgIpc) is 3.54. The third-order valence-corrected chi connectivity index (χ3v) is 8.98. The molecule has 5 aliphatic carbocycles. The lowest BCUT2D eigenvalue weighted by atomic mass is 9.63. The molecule has 0 spiro atoms. The fourth-order valence-corrected chi connectivity index (χ4v) is 7.03. The number of hydrogen-bond acceptors (Lipinski definition) is 3. The van der Waals surface area contributed by atoms with Gasteiger partial charge in [0, 0.05) is 22.7 Å². The Morgan fingerprint density at radius 1 is 1.00 bits per heavy atom. The van der Waals surface area contributed by atoms with Gasteiger partial charge < -0.3 is 5.32 Å². The van der Waals surface area contributed by atoms with Crippen LogP contribution in [0.5, 0.6) is 0 Å². The van der Waals surface area contributed by atoms with Gasteiger partial charge in [0.1, 0.15) is 0 Å². The van der Waals surface area contributed by atoms with E-state index in [0.29, 0.717) is 48.2 Å². The molecule has 31 heavy (non-hydrogen) atoms. The van der Waals surface area contributed by atoms with E-state index in [2.05, 4.69) is 17.5 Å². The Balaban J connectivity index is 1.11. The second kappa shape index (κ2) is 6.93. The number of anilines is 1. The van der Waals surface area contributed by atoms with Crippen LogP contribution in [0, 0.1) is 48.3 Å². The number of amides is 3. The van der Waals surface area contributed by atoms with E-state index in [-0.39, 0.29) is 53.4 Å². The second-order valence-electron chi connectivity index (χ2n) is 10.2. The topological polar surface area (TPSA) is 66.5 Å². The first-order valence-corrected chi connectivity index (χ1v) is 11.9. The van der Waals surface area contributed by atoms with Crippen LogP contribution in [0.2, 0.25) is 5.02 Å². The molecule has 6 aliphatic rings. The van der Waals surface area contributed by atoms with Gasteiger partial charge in [0.25, 0.3) is 0 Å². The monoisotopic (exact) mass is 438 g/mol. The molecular weight excluding hydrogens is 412 g/mol. The van der Waals surface area contributed by atoms with Gasteiger partial charge in [0.05, 0.1) is 11.8 Å². The van der Waals surface area contributed by atoms with Gasteiger partial charge in [-0.2, -0.15) is 0 Å². The van der Waals surface area contributed by atoms with Crippen LogP contribution in [0.1, 0.15) is 37.7 Å². The molecule has 162 valence electrons. The third-order valence-electron chi connectivity index (χ3n) is 8.57. The molecule has 3 saturated carbocycles. The highest BCUT2D eigenvalue weighted by atomic mass is 35.5. The molecule has 0 unspecified atom stereocenters. The molecule has 1 saturated heterocycles. The van der Waals surface area contributed by atoms with Crippen LogP contribution >= 0.6 is 11.6 Å². The van der Waals surface area contributed by atoms with Gasteiger partial charge in [-0.05, 0) is 80.4 Å². The molecule has 7 rings (SSSR count). The van der Waals surface area contributed by atoms with Crippen molar-refractivity contribution in [1.82, 2.24) is 4.90 Å². The molecule has 4 fully saturated rings. The van der Waals surface area contributed by atoms with Crippen molar-refractivity contribution in [2.75, 3.05) is 5.32 Å². The number of allylic oxidation sites excluding steroid dienone is 2. The highest BCUT2D eigenvalue weighted by Crippen LogP contribution is 2.65. The SMILES string of the molecule is Cc1ccc(NC(=O)C2CCC(N3C(=O)[C@@H]4[C@H]5C=C[C@@H]([C@@H]6C[C@H]56)[C@@H]4C3=O)CC2)cc1Cl. The maximum atomic E-state index is 13.3. The Morgan fingerprint density at radius 3 is 2.19 bits per heavy atom. The molecule has 3 amide bonds. The molecule has 1 aromatic carbocycles. The van der Waals surface area contributed by atoms with Crippen LogP contribution < -0.4 is 5.32 Å². The summed E-state index contributed by atoms with van der Waals surface area (Å²) < 4.78 is 0. The number of hydrogen-bond donors (Lipinski definition) is 1.